The average molecular weight is 311 g/mol. The Balaban J connectivity index is 1.84. The highest BCUT2D eigenvalue weighted by Gasteiger charge is 2.28. The molecule has 0 saturated heterocycles. The maximum atomic E-state index is 12.5. The van der Waals surface area contributed by atoms with Crippen molar-refractivity contribution in [3.8, 4) is 0 Å². The summed E-state index contributed by atoms with van der Waals surface area (Å²) in [5.41, 5.74) is 9.30. The molecule has 2 amide bonds. The number of rotatable bonds is 3. The van der Waals surface area contributed by atoms with Crippen LogP contribution in [0.25, 0.3) is 10.9 Å². The maximum Gasteiger partial charge on any atom is 0.251 e. The predicted molar refractivity (Wildman–Crippen MR) is 90.1 cm³/mol. The molecule has 3 rings (SSSR count). The van der Waals surface area contributed by atoms with E-state index in [9.17, 15) is 9.59 Å². The summed E-state index contributed by atoms with van der Waals surface area (Å²) in [4.78, 5) is 27.4. The highest BCUT2D eigenvalue weighted by molar-refractivity contribution is 5.99. The lowest BCUT2D eigenvalue weighted by atomic mass is 9.88. The van der Waals surface area contributed by atoms with Crippen LogP contribution >= 0.6 is 0 Å². The minimum atomic E-state index is -0.368. The number of H-pyrrole nitrogens is 1. The molecule has 5 heteroatoms. The highest BCUT2D eigenvalue weighted by Crippen LogP contribution is 2.23. The minimum Gasteiger partial charge on any atom is -0.369 e. The van der Waals surface area contributed by atoms with E-state index in [1.54, 1.807) is 6.07 Å². The molecule has 2 aromatic rings. The van der Waals surface area contributed by atoms with Gasteiger partial charge in [-0.05, 0) is 50.5 Å². The van der Waals surface area contributed by atoms with E-state index in [0.29, 0.717) is 18.4 Å². The zero-order chi connectivity index (χ0) is 16.6. The number of nitrogens with one attached hydrogen (secondary N) is 2. The number of nitrogens with two attached hydrogens (primary N) is 1. The van der Waals surface area contributed by atoms with Crippen LogP contribution in [0.4, 0.5) is 0 Å². The molecule has 5 nitrogen and oxygen atoms in total. The van der Waals surface area contributed by atoms with Crippen molar-refractivity contribution in [3.63, 3.8) is 0 Å². The number of benzene rings is 1. The standard InChI is InChI=1S/C18H21N3O2/c1-10-11(2)20-16-8-7-12(9-14(10)16)18(23)21-15-6-4-3-5-13(15)17(19)22/h3-4,7-9,13,15,20H,5-6H2,1-2H3,(H2,19,22)(H,21,23)/t13-,15-/m1/s1. The smallest absolute Gasteiger partial charge is 0.251 e. The van der Waals surface area contributed by atoms with Crippen LogP contribution in [0.15, 0.2) is 30.4 Å². The molecule has 1 aliphatic rings. The number of carbonyl (C=O) groups is 2. The number of aryl methyl sites for hydroxylation is 2. The second-order valence-corrected chi connectivity index (χ2v) is 6.17. The Hall–Kier alpha value is -2.56. The van der Waals surface area contributed by atoms with Crippen molar-refractivity contribution in [2.24, 2.45) is 11.7 Å². The number of allylic oxidation sites excluding steroid dienone is 1. The first-order valence-corrected chi connectivity index (χ1v) is 7.81. The van der Waals surface area contributed by atoms with Crippen LogP contribution in [0.3, 0.4) is 0 Å². The van der Waals surface area contributed by atoms with E-state index < -0.39 is 0 Å². The topological polar surface area (TPSA) is 88.0 Å². The summed E-state index contributed by atoms with van der Waals surface area (Å²) in [7, 11) is 0. The first-order valence-electron chi connectivity index (χ1n) is 7.81. The fourth-order valence-corrected chi connectivity index (χ4v) is 3.14. The molecule has 2 atom stereocenters. The van der Waals surface area contributed by atoms with Crippen LogP contribution in [0.5, 0.6) is 0 Å². The average Bonchev–Trinajstić information content (AvgIpc) is 2.82. The van der Waals surface area contributed by atoms with Crippen molar-refractivity contribution in [1.29, 1.82) is 0 Å². The molecule has 1 heterocycles. The van der Waals surface area contributed by atoms with Crippen molar-refractivity contribution >= 4 is 22.7 Å². The zero-order valence-corrected chi connectivity index (χ0v) is 13.3. The number of fused-ring (bicyclic) bond motifs is 1. The van der Waals surface area contributed by atoms with Gasteiger partial charge >= 0.3 is 0 Å². The van der Waals surface area contributed by atoms with Gasteiger partial charge in [0, 0.05) is 28.2 Å². The third kappa shape index (κ3) is 2.86. The van der Waals surface area contributed by atoms with Gasteiger partial charge in [-0.15, -0.1) is 0 Å². The molecule has 23 heavy (non-hydrogen) atoms. The Labute approximate surface area is 134 Å². The predicted octanol–water partition coefficient (Wildman–Crippen LogP) is 2.33. The first kappa shape index (κ1) is 15.3. The molecule has 0 fully saturated rings. The molecule has 0 bridgehead atoms. The normalized spacial score (nSPS) is 20.6. The molecule has 0 saturated carbocycles. The van der Waals surface area contributed by atoms with E-state index in [-0.39, 0.29) is 23.8 Å². The number of amides is 2. The molecular formula is C18H21N3O2. The Morgan fingerprint density at radius 2 is 1.96 bits per heavy atom. The van der Waals surface area contributed by atoms with Gasteiger partial charge in [0.2, 0.25) is 5.91 Å². The molecule has 120 valence electrons. The molecule has 1 aliphatic carbocycles. The lowest BCUT2D eigenvalue weighted by Gasteiger charge is -2.26. The lowest BCUT2D eigenvalue weighted by molar-refractivity contribution is -0.122. The summed E-state index contributed by atoms with van der Waals surface area (Å²) in [5.74, 6) is -0.882. The van der Waals surface area contributed by atoms with Gasteiger partial charge in [-0.25, -0.2) is 0 Å². The highest BCUT2D eigenvalue weighted by atomic mass is 16.2. The van der Waals surface area contributed by atoms with Gasteiger partial charge in [-0.3, -0.25) is 9.59 Å². The first-order chi connectivity index (χ1) is 11.0. The molecule has 0 aliphatic heterocycles. The Bertz CT molecular complexity index is 804. The SMILES string of the molecule is Cc1[nH]c2ccc(C(=O)N[C@@H]3CC=CC[C@H]3C(N)=O)cc2c1C. The van der Waals surface area contributed by atoms with Crippen LogP contribution in [0.2, 0.25) is 0 Å². The second-order valence-electron chi connectivity index (χ2n) is 6.17. The number of hydrogen-bond donors (Lipinski definition) is 3. The molecular weight excluding hydrogens is 290 g/mol. The van der Waals surface area contributed by atoms with Crippen LogP contribution in [0.1, 0.15) is 34.5 Å². The quantitative estimate of drug-likeness (QED) is 0.760. The van der Waals surface area contributed by atoms with Crippen molar-refractivity contribution in [2.45, 2.75) is 32.7 Å². The van der Waals surface area contributed by atoms with Crippen molar-refractivity contribution < 1.29 is 9.59 Å². The largest absolute Gasteiger partial charge is 0.369 e. The number of primary amides is 1. The van der Waals surface area contributed by atoms with E-state index in [1.807, 2.05) is 38.1 Å². The van der Waals surface area contributed by atoms with Gasteiger partial charge in [-0.1, -0.05) is 12.2 Å². The summed E-state index contributed by atoms with van der Waals surface area (Å²) >= 11 is 0. The fourth-order valence-electron chi connectivity index (χ4n) is 3.14. The van der Waals surface area contributed by atoms with E-state index in [1.165, 1.54) is 0 Å². The van der Waals surface area contributed by atoms with Gasteiger partial charge in [0.15, 0.2) is 0 Å². The summed E-state index contributed by atoms with van der Waals surface area (Å²) in [6.07, 6.45) is 5.13. The Morgan fingerprint density at radius 1 is 1.22 bits per heavy atom. The van der Waals surface area contributed by atoms with Crippen molar-refractivity contribution in [1.82, 2.24) is 10.3 Å². The summed E-state index contributed by atoms with van der Waals surface area (Å²) in [6, 6.07) is 5.36. The Kier molecular flexibility index (Phi) is 3.94. The van der Waals surface area contributed by atoms with Crippen LogP contribution in [-0.2, 0) is 4.79 Å². The second kappa shape index (κ2) is 5.91. The van der Waals surface area contributed by atoms with Crippen molar-refractivity contribution in [3.05, 3.63) is 47.2 Å². The van der Waals surface area contributed by atoms with Gasteiger partial charge < -0.3 is 16.0 Å². The summed E-state index contributed by atoms with van der Waals surface area (Å²) in [5, 5.41) is 4.00. The number of hydrogen-bond acceptors (Lipinski definition) is 2. The van der Waals surface area contributed by atoms with E-state index in [0.717, 1.165) is 22.2 Å². The van der Waals surface area contributed by atoms with Gasteiger partial charge in [-0.2, -0.15) is 0 Å². The number of aromatic amines is 1. The monoisotopic (exact) mass is 311 g/mol. The lowest BCUT2D eigenvalue weighted by Crippen LogP contribution is -2.46. The molecule has 0 unspecified atom stereocenters. The molecule has 1 aromatic heterocycles. The zero-order valence-electron chi connectivity index (χ0n) is 13.3. The Morgan fingerprint density at radius 3 is 2.70 bits per heavy atom. The molecule has 0 radical (unpaired) electrons. The third-order valence-corrected chi connectivity index (χ3v) is 4.68. The van der Waals surface area contributed by atoms with Gasteiger partial charge in [0.05, 0.1) is 5.92 Å². The maximum absolute atomic E-state index is 12.5. The van der Waals surface area contributed by atoms with E-state index in [4.69, 9.17) is 5.73 Å². The summed E-state index contributed by atoms with van der Waals surface area (Å²) < 4.78 is 0. The van der Waals surface area contributed by atoms with Crippen LogP contribution in [0, 0.1) is 19.8 Å². The molecule has 1 aromatic carbocycles. The van der Waals surface area contributed by atoms with Crippen LogP contribution < -0.4 is 11.1 Å². The van der Waals surface area contributed by atoms with E-state index in [2.05, 4.69) is 10.3 Å². The number of carbonyl (C=O) groups excluding carboxylic acids is 2. The van der Waals surface area contributed by atoms with Crippen LogP contribution in [-0.4, -0.2) is 22.8 Å². The molecule has 0 spiro atoms. The van der Waals surface area contributed by atoms with E-state index >= 15 is 0 Å². The molecule has 4 N–H and O–H groups in total. The van der Waals surface area contributed by atoms with Crippen molar-refractivity contribution in [2.75, 3.05) is 0 Å². The third-order valence-electron chi connectivity index (χ3n) is 4.68. The summed E-state index contributed by atoms with van der Waals surface area (Å²) in [6.45, 7) is 4.05. The van der Waals surface area contributed by atoms with Gasteiger partial charge in [0.1, 0.15) is 0 Å². The van der Waals surface area contributed by atoms with Gasteiger partial charge in [0.25, 0.3) is 5.91 Å². The minimum absolute atomic E-state index is 0.170. The number of aromatic nitrogens is 1. The fraction of sp³-hybridized carbons (Fsp3) is 0.333.